The highest BCUT2D eigenvalue weighted by Crippen LogP contribution is 2.32. The van der Waals surface area contributed by atoms with Crippen molar-refractivity contribution in [2.45, 2.75) is 44.2 Å². The quantitative estimate of drug-likeness (QED) is 0.867. The fourth-order valence-corrected chi connectivity index (χ4v) is 3.71. The number of carbonyl (C=O) groups excluding carboxylic acids is 1. The number of ether oxygens (including phenoxy) is 2. The molecule has 1 N–H and O–H groups in total. The smallest absolute Gasteiger partial charge is 0.234 e. The first-order chi connectivity index (χ1) is 11.7. The number of hydrogen-bond acceptors (Lipinski definition) is 4. The van der Waals surface area contributed by atoms with Gasteiger partial charge < -0.3 is 14.8 Å². The van der Waals surface area contributed by atoms with Crippen molar-refractivity contribution in [3.05, 3.63) is 29.8 Å². The van der Waals surface area contributed by atoms with Crippen LogP contribution in [0.15, 0.2) is 24.3 Å². The first-order valence-corrected chi connectivity index (χ1v) is 8.92. The second kappa shape index (κ2) is 7.99. The molecule has 0 aromatic heterocycles. The average molecular weight is 332 g/mol. The van der Waals surface area contributed by atoms with Crippen LogP contribution in [0.3, 0.4) is 0 Å². The Kier molecular flexibility index (Phi) is 5.74. The molecule has 1 aromatic carbocycles. The first-order valence-electron chi connectivity index (χ1n) is 8.92. The summed E-state index contributed by atoms with van der Waals surface area (Å²) < 4.78 is 10.8. The van der Waals surface area contributed by atoms with E-state index in [4.69, 9.17) is 9.47 Å². The van der Waals surface area contributed by atoms with Gasteiger partial charge in [0.15, 0.2) is 0 Å². The third kappa shape index (κ3) is 4.28. The zero-order valence-corrected chi connectivity index (χ0v) is 14.7. The summed E-state index contributed by atoms with van der Waals surface area (Å²) in [6.07, 6.45) is 3.45. The minimum Gasteiger partial charge on any atom is -0.497 e. The molecule has 2 aliphatic heterocycles. The van der Waals surface area contributed by atoms with Crippen LogP contribution in [0.1, 0.15) is 37.7 Å². The van der Waals surface area contributed by atoms with E-state index in [1.807, 2.05) is 12.1 Å². The third-order valence-corrected chi connectivity index (χ3v) is 5.19. The summed E-state index contributed by atoms with van der Waals surface area (Å²) in [4.78, 5) is 14.5. The number of methoxy groups -OCH3 is 1. The molecule has 1 aromatic rings. The third-order valence-electron chi connectivity index (χ3n) is 5.19. The number of nitrogens with zero attached hydrogens (tertiary/aromatic N) is 1. The second-order valence-corrected chi connectivity index (χ2v) is 6.92. The van der Waals surface area contributed by atoms with Gasteiger partial charge in [0.05, 0.1) is 19.8 Å². The van der Waals surface area contributed by atoms with Crippen LogP contribution in [0.4, 0.5) is 0 Å². The summed E-state index contributed by atoms with van der Waals surface area (Å²) in [5.74, 6) is 1.47. The highest BCUT2D eigenvalue weighted by Gasteiger charge is 2.31. The van der Waals surface area contributed by atoms with Crippen LogP contribution in [-0.2, 0) is 9.53 Å². The fraction of sp³-hybridized carbons (Fsp3) is 0.632. The molecule has 3 rings (SSSR count). The SMILES string of the molecule is COc1ccc([C@H]2C[C@@H](C)N(CC(=O)NC[C@@H]3CCCO3)C2)cc1. The summed E-state index contributed by atoms with van der Waals surface area (Å²) in [5, 5.41) is 3.02. The highest BCUT2D eigenvalue weighted by molar-refractivity contribution is 5.78. The standard InChI is InChI=1S/C19H28N2O3/c1-14-10-16(15-5-7-17(23-2)8-6-15)12-21(14)13-19(22)20-11-18-4-3-9-24-18/h5-8,14,16,18H,3-4,9-13H2,1-2H3,(H,20,22)/t14-,16+,18+/m1/s1. The van der Waals surface area contributed by atoms with E-state index in [9.17, 15) is 4.79 Å². The van der Waals surface area contributed by atoms with Gasteiger partial charge in [-0.1, -0.05) is 12.1 Å². The van der Waals surface area contributed by atoms with Gasteiger partial charge >= 0.3 is 0 Å². The number of likely N-dealkylation sites (tertiary alicyclic amines) is 1. The molecular formula is C19H28N2O3. The van der Waals surface area contributed by atoms with Crippen molar-refractivity contribution in [1.29, 1.82) is 0 Å². The van der Waals surface area contributed by atoms with E-state index in [1.165, 1.54) is 5.56 Å². The van der Waals surface area contributed by atoms with Gasteiger partial charge in [-0.05, 0) is 49.8 Å². The second-order valence-electron chi connectivity index (χ2n) is 6.92. The molecule has 2 fully saturated rings. The van der Waals surface area contributed by atoms with Crippen LogP contribution in [0, 0.1) is 0 Å². The predicted octanol–water partition coefficient (Wildman–Crippen LogP) is 2.17. The van der Waals surface area contributed by atoms with Gasteiger partial charge in [-0.15, -0.1) is 0 Å². The van der Waals surface area contributed by atoms with Crippen LogP contribution in [0.25, 0.3) is 0 Å². The zero-order chi connectivity index (χ0) is 16.9. The van der Waals surface area contributed by atoms with Crippen molar-refractivity contribution in [2.24, 2.45) is 0 Å². The topological polar surface area (TPSA) is 50.8 Å². The Bertz CT molecular complexity index is 540. The van der Waals surface area contributed by atoms with Crippen LogP contribution < -0.4 is 10.1 Å². The number of hydrogen-bond donors (Lipinski definition) is 1. The summed E-state index contributed by atoms with van der Waals surface area (Å²) in [7, 11) is 1.68. The molecule has 0 radical (unpaired) electrons. The number of amides is 1. The molecular weight excluding hydrogens is 304 g/mol. The van der Waals surface area contributed by atoms with Crippen LogP contribution in [-0.4, -0.2) is 56.3 Å². The Morgan fingerprint density at radius 1 is 1.38 bits per heavy atom. The highest BCUT2D eigenvalue weighted by atomic mass is 16.5. The molecule has 2 heterocycles. The molecule has 0 bridgehead atoms. The van der Waals surface area contributed by atoms with Crippen LogP contribution in [0.2, 0.25) is 0 Å². The van der Waals surface area contributed by atoms with Gasteiger partial charge in [0, 0.05) is 25.7 Å². The fourth-order valence-electron chi connectivity index (χ4n) is 3.71. The lowest BCUT2D eigenvalue weighted by Crippen LogP contribution is -2.41. The van der Waals surface area contributed by atoms with Crippen molar-refractivity contribution in [3.8, 4) is 5.75 Å². The van der Waals surface area contributed by atoms with E-state index in [0.717, 1.165) is 38.2 Å². The van der Waals surface area contributed by atoms with E-state index in [1.54, 1.807) is 7.11 Å². The average Bonchev–Trinajstić information content (AvgIpc) is 3.23. The summed E-state index contributed by atoms with van der Waals surface area (Å²) in [6, 6.07) is 8.72. The molecule has 2 aliphatic rings. The van der Waals surface area contributed by atoms with Crippen molar-refractivity contribution in [1.82, 2.24) is 10.2 Å². The van der Waals surface area contributed by atoms with Gasteiger partial charge in [0.2, 0.25) is 5.91 Å². The molecule has 132 valence electrons. The summed E-state index contributed by atoms with van der Waals surface area (Å²) >= 11 is 0. The van der Waals surface area contributed by atoms with Gasteiger partial charge in [0.25, 0.3) is 0 Å². The molecule has 2 saturated heterocycles. The molecule has 0 aliphatic carbocycles. The van der Waals surface area contributed by atoms with Gasteiger partial charge in [0.1, 0.15) is 5.75 Å². The zero-order valence-electron chi connectivity index (χ0n) is 14.7. The van der Waals surface area contributed by atoms with E-state index in [0.29, 0.717) is 25.0 Å². The molecule has 1 amide bonds. The van der Waals surface area contributed by atoms with Crippen LogP contribution in [0.5, 0.6) is 5.75 Å². The predicted molar refractivity (Wildman–Crippen MR) is 93.4 cm³/mol. The lowest BCUT2D eigenvalue weighted by Gasteiger charge is -2.21. The molecule has 24 heavy (non-hydrogen) atoms. The Labute approximate surface area is 144 Å². The minimum atomic E-state index is 0.104. The summed E-state index contributed by atoms with van der Waals surface area (Å²) in [6.45, 7) is 5.08. The van der Waals surface area contributed by atoms with E-state index < -0.39 is 0 Å². The number of carbonyl (C=O) groups is 1. The van der Waals surface area contributed by atoms with Gasteiger partial charge in [-0.2, -0.15) is 0 Å². The maximum atomic E-state index is 12.2. The monoisotopic (exact) mass is 332 g/mol. The molecule has 3 atom stereocenters. The number of benzene rings is 1. The normalized spacial score (nSPS) is 27.3. The van der Waals surface area contributed by atoms with Gasteiger partial charge in [-0.3, -0.25) is 9.69 Å². The Morgan fingerprint density at radius 3 is 2.83 bits per heavy atom. The first kappa shape index (κ1) is 17.2. The summed E-state index contributed by atoms with van der Waals surface area (Å²) in [5.41, 5.74) is 1.32. The van der Waals surface area contributed by atoms with Crippen molar-refractivity contribution >= 4 is 5.91 Å². The maximum Gasteiger partial charge on any atom is 0.234 e. The minimum absolute atomic E-state index is 0.104. The molecule has 0 spiro atoms. The van der Waals surface area contributed by atoms with Gasteiger partial charge in [-0.25, -0.2) is 0 Å². The molecule has 5 nitrogen and oxygen atoms in total. The Balaban J connectivity index is 1.48. The largest absolute Gasteiger partial charge is 0.497 e. The molecule has 0 unspecified atom stereocenters. The number of rotatable bonds is 6. The lowest BCUT2D eigenvalue weighted by atomic mass is 9.97. The van der Waals surface area contributed by atoms with E-state index >= 15 is 0 Å². The van der Waals surface area contributed by atoms with E-state index in [2.05, 4.69) is 29.3 Å². The number of nitrogens with one attached hydrogen (secondary N) is 1. The maximum absolute atomic E-state index is 12.2. The van der Waals surface area contributed by atoms with Crippen molar-refractivity contribution in [2.75, 3.05) is 33.4 Å². The lowest BCUT2D eigenvalue weighted by molar-refractivity contribution is -0.122. The van der Waals surface area contributed by atoms with E-state index in [-0.39, 0.29) is 12.0 Å². The van der Waals surface area contributed by atoms with Crippen LogP contribution >= 0.6 is 0 Å². The Hall–Kier alpha value is -1.59. The van der Waals surface area contributed by atoms with Crippen molar-refractivity contribution in [3.63, 3.8) is 0 Å². The molecule has 5 heteroatoms. The molecule has 0 saturated carbocycles. The Morgan fingerprint density at radius 2 is 2.17 bits per heavy atom. The van der Waals surface area contributed by atoms with Crippen molar-refractivity contribution < 1.29 is 14.3 Å².